The maximum Gasteiger partial charge on any atom is 0.237 e. The van der Waals surface area contributed by atoms with Gasteiger partial charge in [0.15, 0.2) is 0 Å². The highest BCUT2D eigenvalue weighted by Crippen LogP contribution is 2.35. The molecule has 0 saturated carbocycles. The Kier molecular flexibility index (Phi) is 1.87. The maximum absolute atomic E-state index is 8.26. The van der Waals surface area contributed by atoms with Crippen LogP contribution in [0.2, 0.25) is 0 Å². The number of azide groups is 1. The first-order chi connectivity index (χ1) is 7.36. The number of nitrogens with zero attached hydrogens (tertiary/aromatic N) is 7. The Morgan fingerprint density at radius 3 is 3.13 bits per heavy atom. The summed E-state index contributed by atoms with van der Waals surface area (Å²) in [5.41, 5.74) is 8.26. The second kappa shape index (κ2) is 3.22. The quantitative estimate of drug-likeness (QED) is 0.411. The van der Waals surface area contributed by atoms with Gasteiger partial charge in [-0.15, -0.1) is 5.10 Å². The average molecular weight is 205 g/mol. The van der Waals surface area contributed by atoms with Crippen LogP contribution in [0.4, 0.5) is 5.95 Å². The summed E-state index contributed by atoms with van der Waals surface area (Å²) in [6.07, 6.45) is 2.90. The molecule has 7 heteroatoms. The van der Waals surface area contributed by atoms with E-state index in [1.165, 1.54) is 19.5 Å². The van der Waals surface area contributed by atoms with Gasteiger partial charge in [0.2, 0.25) is 5.95 Å². The number of fused-ring (bicyclic) bond motifs is 2. The highest BCUT2D eigenvalue weighted by atomic mass is 15.4. The minimum atomic E-state index is 0.218. The van der Waals surface area contributed by atoms with Gasteiger partial charge in [-0.05, 0) is 29.5 Å². The van der Waals surface area contributed by atoms with Crippen molar-refractivity contribution in [2.24, 2.45) is 11.0 Å². The molecule has 1 aromatic heterocycles. The van der Waals surface area contributed by atoms with Crippen molar-refractivity contribution in [2.45, 2.75) is 12.5 Å². The molecule has 1 aromatic rings. The highest BCUT2D eigenvalue weighted by Gasteiger charge is 2.39. The van der Waals surface area contributed by atoms with Crippen LogP contribution in [0.25, 0.3) is 10.4 Å². The fourth-order valence-corrected chi connectivity index (χ4v) is 2.57. The van der Waals surface area contributed by atoms with Gasteiger partial charge in [-0.3, -0.25) is 0 Å². The van der Waals surface area contributed by atoms with Crippen LogP contribution < -0.4 is 0 Å². The predicted molar refractivity (Wildman–Crippen MR) is 52.4 cm³/mol. The SMILES string of the molecule is [N-]=[N+]=Nc1ncn([C@@H]2CN3CC[C@H]2C3)n1. The van der Waals surface area contributed by atoms with Gasteiger partial charge in [0.25, 0.3) is 0 Å². The molecule has 0 radical (unpaired) electrons. The molecule has 2 aliphatic rings. The third-order valence-electron chi connectivity index (χ3n) is 3.27. The molecule has 2 saturated heterocycles. The van der Waals surface area contributed by atoms with E-state index in [1.807, 2.05) is 4.68 Å². The largest absolute Gasteiger partial charge is 0.301 e. The first kappa shape index (κ1) is 8.70. The van der Waals surface area contributed by atoms with Gasteiger partial charge in [-0.2, -0.15) is 0 Å². The van der Waals surface area contributed by atoms with Gasteiger partial charge in [0.1, 0.15) is 6.33 Å². The highest BCUT2D eigenvalue weighted by molar-refractivity contribution is 5.10. The molecule has 0 aromatic carbocycles. The summed E-state index contributed by atoms with van der Waals surface area (Å²) in [5.74, 6) is 0.904. The summed E-state index contributed by atoms with van der Waals surface area (Å²) in [6, 6.07) is 0.411. The van der Waals surface area contributed by atoms with Gasteiger partial charge in [0, 0.05) is 18.0 Å². The normalized spacial score (nSPS) is 32.9. The summed E-state index contributed by atoms with van der Waals surface area (Å²) in [5, 5.41) is 7.54. The Hall–Kier alpha value is -1.59. The van der Waals surface area contributed by atoms with E-state index in [9.17, 15) is 0 Å². The molecule has 1 unspecified atom stereocenters. The lowest BCUT2D eigenvalue weighted by Crippen LogP contribution is -2.26. The number of hydrogen-bond acceptors (Lipinski definition) is 4. The molecular formula is C8H11N7. The van der Waals surface area contributed by atoms with Gasteiger partial charge < -0.3 is 4.90 Å². The molecule has 0 amide bonds. The van der Waals surface area contributed by atoms with Crippen molar-refractivity contribution in [2.75, 3.05) is 19.6 Å². The summed E-state index contributed by atoms with van der Waals surface area (Å²) < 4.78 is 1.84. The summed E-state index contributed by atoms with van der Waals surface area (Å²) in [4.78, 5) is 9.05. The van der Waals surface area contributed by atoms with Crippen LogP contribution in [0, 0.1) is 5.92 Å². The molecule has 2 aliphatic heterocycles. The van der Waals surface area contributed by atoms with Crippen molar-refractivity contribution < 1.29 is 0 Å². The van der Waals surface area contributed by atoms with Crippen LogP contribution in [0.5, 0.6) is 0 Å². The van der Waals surface area contributed by atoms with Crippen LogP contribution in [-0.4, -0.2) is 39.3 Å². The van der Waals surface area contributed by atoms with Crippen molar-refractivity contribution >= 4 is 5.95 Å². The Labute approximate surface area is 86.3 Å². The van der Waals surface area contributed by atoms with Gasteiger partial charge >= 0.3 is 0 Å². The molecule has 0 spiro atoms. The van der Waals surface area contributed by atoms with Crippen LogP contribution in [0.1, 0.15) is 12.5 Å². The Bertz CT molecular complexity index is 418. The summed E-state index contributed by atoms with van der Waals surface area (Å²) in [7, 11) is 0. The zero-order valence-electron chi connectivity index (χ0n) is 8.19. The molecule has 78 valence electrons. The Balaban J connectivity index is 1.84. The van der Waals surface area contributed by atoms with Crippen molar-refractivity contribution in [3.63, 3.8) is 0 Å². The van der Waals surface area contributed by atoms with Gasteiger partial charge in [0.05, 0.1) is 6.04 Å². The maximum atomic E-state index is 8.26. The lowest BCUT2D eigenvalue weighted by molar-refractivity contribution is 0.285. The van der Waals surface area contributed by atoms with Gasteiger partial charge in [-0.25, -0.2) is 9.67 Å². The standard InChI is InChI=1S/C8H11N7/c9-13-11-8-10-5-15(12-8)7-4-14-2-1-6(7)3-14/h5-7H,1-4H2/t6-,7+/m0/s1. The van der Waals surface area contributed by atoms with E-state index in [2.05, 4.69) is 25.0 Å². The van der Waals surface area contributed by atoms with Crippen molar-refractivity contribution in [1.82, 2.24) is 19.7 Å². The zero-order valence-corrected chi connectivity index (χ0v) is 8.19. The fourth-order valence-electron chi connectivity index (χ4n) is 2.57. The molecule has 2 fully saturated rings. The minimum Gasteiger partial charge on any atom is -0.301 e. The van der Waals surface area contributed by atoms with E-state index in [0.29, 0.717) is 12.0 Å². The summed E-state index contributed by atoms with van der Waals surface area (Å²) >= 11 is 0. The second-order valence-corrected chi connectivity index (χ2v) is 4.09. The predicted octanol–water partition coefficient (Wildman–Crippen LogP) is 1.10. The molecule has 0 N–H and O–H groups in total. The number of rotatable bonds is 2. The topological polar surface area (TPSA) is 82.7 Å². The minimum absolute atomic E-state index is 0.218. The third kappa shape index (κ3) is 1.36. The fraction of sp³-hybridized carbons (Fsp3) is 0.750. The van der Waals surface area contributed by atoms with Crippen LogP contribution in [0.3, 0.4) is 0 Å². The molecule has 15 heavy (non-hydrogen) atoms. The van der Waals surface area contributed by atoms with E-state index in [1.54, 1.807) is 6.33 Å². The van der Waals surface area contributed by atoms with Crippen molar-refractivity contribution in [3.8, 4) is 0 Å². The lowest BCUT2D eigenvalue weighted by Gasteiger charge is -2.21. The summed E-state index contributed by atoms with van der Waals surface area (Å²) in [6.45, 7) is 3.42. The first-order valence-electron chi connectivity index (χ1n) is 5.05. The van der Waals surface area contributed by atoms with Gasteiger partial charge in [-0.1, -0.05) is 0 Å². The monoisotopic (exact) mass is 205 g/mol. The van der Waals surface area contributed by atoms with Crippen molar-refractivity contribution in [1.29, 1.82) is 0 Å². The lowest BCUT2D eigenvalue weighted by atomic mass is 10.0. The average Bonchev–Trinajstić information content (AvgIpc) is 2.91. The van der Waals surface area contributed by atoms with Crippen LogP contribution in [-0.2, 0) is 0 Å². The zero-order chi connectivity index (χ0) is 10.3. The molecular weight excluding hydrogens is 194 g/mol. The van der Waals surface area contributed by atoms with E-state index in [0.717, 1.165) is 6.54 Å². The number of aromatic nitrogens is 3. The smallest absolute Gasteiger partial charge is 0.237 e. The van der Waals surface area contributed by atoms with Crippen LogP contribution >= 0.6 is 0 Å². The Morgan fingerprint density at radius 1 is 1.53 bits per heavy atom. The molecule has 7 nitrogen and oxygen atoms in total. The molecule has 3 heterocycles. The molecule has 3 rings (SSSR count). The number of hydrogen-bond donors (Lipinski definition) is 0. The molecule has 2 bridgehead atoms. The van der Waals surface area contributed by atoms with Crippen molar-refractivity contribution in [3.05, 3.63) is 16.8 Å². The molecule has 3 atom stereocenters. The van der Waals surface area contributed by atoms with E-state index in [4.69, 9.17) is 5.53 Å². The number of piperidine rings is 1. The van der Waals surface area contributed by atoms with E-state index < -0.39 is 0 Å². The second-order valence-electron chi connectivity index (χ2n) is 4.09. The van der Waals surface area contributed by atoms with E-state index in [-0.39, 0.29) is 5.95 Å². The Morgan fingerprint density at radius 2 is 2.47 bits per heavy atom. The third-order valence-corrected chi connectivity index (χ3v) is 3.27. The first-order valence-corrected chi connectivity index (χ1v) is 5.05. The van der Waals surface area contributed by atoms with E-state index >= 15 is 0 Å². The molecule has 0 aliphatic carbocycles. The van der Waals surface area contributed by atoms with Crippen LogP contribution in [0.15, 0.2) is 11.4 Å².